The van der Waals surface area contributed by atoms with E-state index in [1.165, 1.54) is 19.3 Å². The van der Waals surface area contributed by atoms with Crippen LogP contribution in [-0.4, -0.2) is 15.2 Å². The zero-order valence-corrected chi connectivity index (χ0v) is 17.5. The lowest BCUT2D eigenvalue weighted by Gasteiger charge is -2.21. The number of aromatic nitrogens is 3. The van der Waals surface area contributed by atoms with Crippen LogP contribution in [-0.2, 0) is 0 Å². The molecule has 152 valence electrons. The molecular formula is C24H24N4OS. The van der Waals surface area contributed by atoms with Gasteiger partial charge in [0.25, 0.3) is 5.56 Å². The van der Waals surface area contributed by atoms with Crippen molar-refractivity contribution in [1.82, 2.24) is 15.2 Å². The number of aromatic amines is 2. The average molecular weight is 417 g/mol. The van der Waals surface area contributed by atoms with E-state index in [0.29, 0.717) is 11.5 Å². The Bertz CT molecular complexity index is 1240. The maximum absolute atomic E-state index is 12.8. The first-order chi connectivity index (χ1) is 14.7. The Hall–Kier alpha value is -2.99. The Morgan fingerprint density at radius 2 is 1.73 bits per heavy atom. The molecule has 0 atom stereocenters. The Balaban J connectivity index is 1.63. The van der Waals surface area contributed by atoms with Gasteiger partial charge < -0.3 is 10.8 Å². The van der Waals surface area contributed by atoms with Crippen LogP contribution in [0.2, 0.25) is 0 Å². The minimum Gasteiger partial charge on any atom is -0.399 e. The van der Waals surface area contributed by atoms with E-state index in [-0.39, 0.29) is 5.56 Å². The highest BCUT2D eigenvalue weighted by Crippen LogP contribution is 2.39. The van der Waals surface area contributed by atoms with Gasteiger partial charge >= 0.3 is 0 Å². The topological polar surface area (TPSA) is 87.6 Å². The van der Waals surface area contributed by atoms with Crippen LogP contribution in [0.1, 0.15) is 43.7 Å². The van der Waals surface area contributed by atoms with E-state index in [9.17, 15) is 4.79 Å². The van der Waals surface area contributed by atoms with E-state index in [1.54, 1.807) is 11.8 Å². The third kappa shape index (κ3) is 3.63. The van der Waals surface area contributed by atoms with Gasteiger partial charge in [-0.1, -0.05) is 49.2 Å². The highest BCUT2D eigenvalue weighted by Gasteiger charge is 2.24. The predicted molar refractivity (Wildman–Crippen MR) is 123 cm³/mol. The Kier molecular flexibility index (Phi) is 5.09. The fourth-order valence-corrected chi connectivity index (χ4v) is 5.32. The zero-order chi connectivity index (χ0) is 20.5. The van der Waals surface area contributed by atoms with Crippen LogP contribution in [0, 0.1) is 0 Å². The highest BCUT2D eigenvalue weighted by atomic mass is 32.2. The molecule has 0 unspecified atom stereocenters. The van der Waals surface area contributed by atoms with Crippen LogP contribution in [0.3, 0.4) is 0 Å². The number of nitrogens with zero attached hydrogens (tertiary/aromatic N) is 1. The lowest BCUT2D eigenvalue weighted by molar-refractivity contribution is 0.437. The summed E-state index contributed by atoms with van der Waals surface area (Å²) in [5.41, 5.74) is 9.81. The van der Waals surface area contributed by atoms with Gasteiger partial charge in [0.2, 0.25) is 0 Å². The van der Waals surface area contributed by atoms with E-state index in [1.807, 2.05) is 48.5 Å². The predicted octanol–water partition coefficient (Wildman–Crippen LogP) is 5.70. The normalized spacial score (nSPS) is 14.9. The highest BCUT2D eigenvalue weighted by molar-refractivity contribution is 7.99. The molecule has 0 saturated heterocycles. The van der Waals surface area contributed by atoms with Gasteiger partial charge in [-0.3, -0.25) is 9.89 Å². The number of para-hydroxylation sites is 1. The number of fused-ring (bicyclic) bond motifs is 1. The van der Waals surface area contributed by atoms with E-state index in [4.69, 9.17) is 10.7 Å². The maximum atomic E-state index is 12.8. The summed E-state index contributed by atoms with van der Waals surface area (Å²) < 4.78 is 0. The second-order valence-corrected chi connectivity index (χ2v) is 9.01. The number of pyridine rings is 1. The van der Waals surface area contributed by atoms with Gasteiger partial charge in [-0.15, -0.1) is 0 Å². The van der Waals surface area contributed by atoms with Crippen molar-refractivity contribution in [2.45, 2.75) is 47.8 Å². The monoisotopic (exact) mass is 416 g/mol. The summed E-state index contributed by atoms with van der Waals surface area (Å²) >= 11 is 1.67. The zero-order valence-electron chi connectivity index (χ0n) is 16.7. The van der Waals surface area contributed by atoms with Gasteiger partial charge in [-0.2, -0.15) is 0 Å². The number of rotatable bonds is 4. The van der Waals surface area contributed by atoms with Crippen LogP contribution in [0.5, 0.6) is 0 Å². The molecule has 2 aromatic heterocycles. The number of nitrogen functional groups attached to an aromatic ring is 1. The van der Waals surface area contributed by atoms with E-state index in [0.717, 1.165) is 50.6 Å². The SMILES string of the molecule is Nc1ccc(Sc2cc(-c3c(C4CCCCC4)[nH][nH]c3=O)nc3ccccc23)cc1. The maximum Gasteiger partial charge on any atom is 0.273 e. The largest absolute Gasteiger partial charge is 0.399 e. The van der Waals surface area contributed by atoms with Crippen molar-refractivity contribution in [3.63, 3.8) is 0 Å². The molecule has 0 amide bonds. The number of nitrogens with one attached hydrogen (secondary N) is 2. The number of hydrogen-bond acceptors (Lipinski definition) is 4. The third-order valence-electron chi connectivity index (χ3n) is 5.86. The molecule has 6 heteroatoms. The second-order valence-electron chi connectivity index (χ2n) is 7.90. The first-order valence-corrected chi connectivity index (χ1v) is 11.2. The van der Waals surface area contributed by atoms with Gasteiger partial charge in [0, 0.05) is 32.5 Å². The van der Waals surface area contributed by atoms with Gasteiger partial charge in [-0.25, -0.2) is 4.98 Å². The summed E-state index contributed by atoms with van der Waals surface area (Å²) in [6, 6.07) is 18.0. The number of nitrogens with two attached hydrogens (primary N) is 1. The standard InChI is InChI=1S/C24H24N4OS/c25-16-10-12-17(13-11-16)30-21-14-20(26-19-9-5-4-8-18(19)21)22-23(27-28-24(22)29)15-6-2-1-3-7-15/h4-5,8-15H,1-3,6-7,25H2,(H2,27,28,29). The van der Waals surface area contributed by atoms with Gasteiger partial charge in [0.05, 0.1) is 16.8 Å². The Morgan fingerprint density at radius 1 is 0.967 bits per heavy atom. The Labute approximate surface area is 179 Å². The smallest absolute Gasteiger partial charge is 0.273 e. The summed E-state index contributed by atoms with van der Waals surface area (Å²) in [5, 5.41) is 7.06. The van der Waals surface area contributed by atoms with Gasteiger partial charge in [0.15, 0.2) is 0 Å². The van der Waals surface area contributed by atoms with Crippen LogP contribution >= 0.6 is 11.8 Å². The summed E-state index contributed by atoms with van der Waals surface area (Å²) in [5.74, 6) is 0.383. The number of anilines is 1. The van der Waals surface area contributed by atoms with Crippen molar-refractivity contribution in [1.29, 1.82) is 0 Å². The quantitative estimate of drug-likeness (QED) is 0.372. The van der Waals surface area contributed by atoms with E-state index < -0.39 is 0 Å². The first kappa shape index (κ1) is 19.0. The minimum absolute atomic E-state index is 0.0956. The van der Waals surface area contributed by atoms with Crippen LogP contribution in [0.4, 0.5) is 5.69 Å². The molecule has 2 heterocycles. The van der Waals surface area contributed by atoms with Crippen LogP contribution < -0.4 is 11.3 Å². The summed E-state index contributed by atoms with van der Waals surface area (Å²) in [4.78, 5) is 19.8. The first-order valence-electron chi connectivity index (χ1n) is 10.4. The molecule has 5 nitrogen and oxygen atoms in total. The minimum atomic E-state index is -0.0956. The van der Waals surface area contributed by atoms with Crippen LogP contribution in [0.15, 0.2) is 69.2 Å². The molecule has 4 aromatic rings. The van der Waals surface area contributed by atoms with Crippen molar-refractivity contribution < 1.29 is 0 Å². The van der Waals surface area contributed by atoms with Crippen molar-refractivity contribution in [3.05, 3.63) is 70.6 Å². The van der Waals surface area contributed by atoms with Gasteiger partial charge in [-0.05, 0) is 49.2 Å². The molecule has 0 spiro atoms. The molecule has 4 N–H and O–H groups in total. The number of benzene rings is 2. The number of hydrogen-bond donors (Lipinski definition) is 3. The fourth-order valence-electron chi connectivity index (χ4n) is 4.34. The third-order valence-corrected chi connectivity index (χ3v) is 6.93. The molecule has 0 radical (unpaired) electrons. The molecule has 0 aliphatic heterocycles. The molecule has 2 aromatic carbocycles. The second kappa shape index (κ2) is 8.03. The van der Waals surface area contributed by atoms with Crippen molar-refractivity contribution in [2.24, 2.45) is 0 Å². The lowest BCUT2D eigenvalue weighted by Crippen LogP contribution is -2.09. The molecular weight excluding hydrogens is 392 g/mol. The molecule has 0 bridgehead atoms. The van der Waals surface area contributed by atoms with Crippen molar-refractivity contribution >= 4 is 28.4 Å². The molecule has 30 heavy (non-hydrogen) atoms. The molecule has 1 aliphatic rings. The summed E-state index contributed by atoms with van der Waals surface area (Å²) in [7, 11) is 0. The van der Waals surface area contributed by atoms with Crippen molar-refractivity contribution in [3.8, 4) is 11.3 Å². The summed E-state index contributed by atoms with van der Waals surface area (Å²) in [6.45, 7) is 0. The number of H-pyrrole nitrogens is 2. The van der Waals surface area contributed by atoms with Gasteiger partial charge in [0.1, 0.15) is 0 Å². The molecule has 1 fully saturated rings. The van der Waals surface area contributed by atoms with Crippen LogP contribution in [0.25, 0.3) is 22.2 Å². The molecule has 1 saturated carbocycles. The van der Waals surface area contributed by atoms with Crippen molar-refractivity contribution in [2.75, 3.05) is 5.73 Å². The van der Waals surface area contributed by atoms with E-state index in [2.05, 4.69) is 16.3 Å². The fraction of sp³-hybridized carbons (Fsp3) is 0.250. The summed E-state index contributed by atoms with van der Waals surface area (Å²) in [6.07, 6.45) is 5.92. The van der Waals surface area contributed by atoms with E-state index >= 15 is 0 Å². The Morgan fingerprint density at radius 3 is 2.53 bits per heavy atom. The average Bonchev–Trinajstić information content (AvgIpc) is 3.17. The molecule has 5 rings (SSSR count). The lowest BCUT2D eigenvalue weighted by atomic mass is 9.85. The molecule has 1 aliphatic carbocycles.